The van der Waals surface area contributed by atoms with E-state index in [1.165, 1.54) is 26.0 Å². The maximum Gasteiger partial charge on any atom is 0.178 e. The molecule has 122 valence electrons. The van der Waals surface area contributed by atoms with Crippen molar-refractivity contribution in [1.29, 1.82) is 0 Å². The lowest BCUT2D eigenvalue weighted by molar-refractivity contribution is 0.101. The molecule has 0 spiro atoms. The Hall–Kier alpha value is -2.28. The Labute approximate surface area is 147 Å². The summed E-state index contributed by atoms with van der Waals surface area (Å²) < 4.78 is 8.57. The summed E-state index contributed by atoms with van der Waals surface area (Å²) in [7, 11) is 0. The Morgan fingerprint density at radius 3 is 2.83 bits per heavy atom. The van der Waals surface area contributed by atoms with E-state index in [2.05, 4.69) is 31.2 Å². The lowest BCUT2D eigenvalue weighted by atomic mass is 10.2. The van der Waals surface area contributed by atoms with E-state index in [1.807, 2.05) is 16.8 Å². The summed E-state index contributed by atoms with van der Waals surface area (Å²) in [6.07, 6.45) is 4.08. The van der Waals surface area contributed by atoms with E-state index in [-0.39, 0.29) is 5.78 Å². The molecule has 4 rings (SSSR count). The summed E-state index contributed by atoms with van der Waals surface area (Å²) in [6.45, 7) is 2.40. The zero-order valence-electron chi connectivity index (χ0n) is 13.1. The summed E-state index contributed by atoms with van der Waals surface area (Å²) >= 11 is 3.56. The second-order valence-corrected chi connectivity index (χ2v) is 6.79. The van der Waals surface area contributed by atoms with E-state index in [0.29, 0.717) is 17.2 Å². The van der Waals surface area contributed by atoms with Gasteiger partial charge < -0.3 is 4.74 Å². The summed E-state index contributed by atoms with van der Waals surface area (Å²) in [5.74, 6) is 1.86. The van der Waals surface area contributed by atoms with Crippen molar-refractivity contribution in [3.8, 4) is 11.5 Å². The third-order valence-electron chi connectivity index (χ3n) is 4.04. The number of ketones is 1. The number of halogens is 1. The third kappa shape index (κ3) is 2.91. The van der Waals surface area contributed by atoms with E-state index in [9.17, 15) is 4.79 Å². The van der Waals surface area contributed by atoms with Gasteiger partial charge in [-0.2, -0.15) is 0 Å². The Morgan fingerprint density at radius 1 is 1.33 bits per heavy atom. The SMILES string of the molecule is CC(=O)c1ccc(Oc2ccc3c(nnn3CC3CC3)c2Br)cn1. The van der Waals surface area contributed by atoms with E-state index in [4.69, 9.17) is 4.74 Å². The van der Waals surface area contributed by atoms with Gasteiger partial charge in [0.15, 0.2) is 5.78 Å². The molecule has 7 heteroatoms. The Balaban J connectivity index is 1.62. The first-order valence-corrected chi connectivity index (χ1v) is 8.57. The van der Waals surface area contributed by atoms with Crippen LogP contribution in [0.4, 0.5) is 0 Å². The molecule has 1 aliphatic rings. The first-order valence-electron chi connectivity index (χ1n) is 7.78. The average molecular weight is 387 g/mol. The van der Waals surface area contributed by atoms with Crippen molar-refractivity contribution < 1.29 is 9.53 Å². The number of aromatic nitrogens is 4. The zero-order valence-corrected chi connectivity index (χ0v) is 14.7. The van der Waals surface area contributed by atoms with Gasteiger partial charge in [-0.3, -0.25) is 4.79 Å². The maximum atomic E-state index is 11.3. The van der Waals surface area contributed by atoms with E-state index in [1.54, 1.807) is 12.1 Å². The molecule has 0 N–H and O–H groups in total. The Morgan fingerprint density at radius 2 is 2.17 bits per heavy atom. The number of benzene rings is 1. The van der Waals surface area contributed by atoms with Crippen molar-refractivity contribution >= 4 is 32.7 Å². The minimum absolute atomic E-state index is 0.0728. The van der Waals surface area contributed by atoms with Crippen molar-refractivity contribution in [2.45, 2.75) is 26.3 Å². The molecule has 0 atom stereocenters. The molecule has 6 nitrogen and oxygen atoms in total. The molecule has 1 aromatic carbocycles. The highest BCUT2D eigenvalue weighted by Gasteiger charge is 2.23. The molecule has 0 amide bonds. The largest absolute Gasteiger partial charge is 0.454 e. The van der Waals surface area contributed by atoms with Crippen LogP contribution in [-0.2, 0) is 6.54 Å². The molecule has 1 saturated carbocycles. The number of fused-ring (bicyclic) bond motifs is 1. The van der Waals surface area contributed by atoms with Crippen molar-refractivity contribution in [3.63, 3.8) is 0 Å². The zero-order chi connectivity index (χ0) is 16.7. The fourth-order valence-electron chi connectivity index (χ4n) is 2.52. The summed E-state index contributed by atoms with van der Waals surface area (Å²) in [5.41, 5.74) is 2.19. The van der Waals surface area contributed by atoms with Crippen molar-refractivity contribution in [2.75, 3.05) is 0 Å². The molecule has 1 aliphatic carbocycles. The minimum atomic E-state index is -0.0728. The molecule has 0 bridgehead atoms. The van der Waals surface area contributed by atoms with Crippen LogP contribution in [-0.4, -0.2) is 25.8 Å². The smallest absolute Gasteiger partial charge is 0.178 e. The number of carbonyl (C=O) groups excluding carboxylic acids is 1. The van der Waals surface area contributed by atoms with Crippen LogP contribution in [0.15, 0.2) is 34.9 Å². The Bertz CT molecular complexity index is 916. The van der Waals surface area contributed by atoms with E-state index < -0.39 is 0 Å². The second kappa shape index (κ2) is 5.98. The fraction of sp³-hybridized carbons (Fsp3) is 0.294. The van der Waals surface area contributed by atoms with Crippen LogP contribution >= 0.6 is 15.9 Å². The molecule has 1 fully saturated rings. The van der Waals surface area contributed by atoms with Gasteiger partial charge in [0.2, 0.25) is 0 Å². The van der Waals surface area contributed by atoms with Gasteiger partial charge >= 0.3 is 0 Å². The predicted octanol–water partition coefficient (Wildman–Crippen LogP) is 3.99. The first-order chi connectivity index (χ1) is 11.6. The molecule has 3 aromatic rings. The summed E-state index contributed by atoms with van der Waals surface area (Å²) in [4.78, 5) is 15.4. The van der Waals surface area contributed by atoms with E-state index in [0.717, 1.165) is 28.0 Å². The van der Waals surface area contributed by atoms with Gasteiger partial charge in [0.1, 0.15) is 22.7 Å². The van der Waals surface area contributed by atoms with Gasteiger partial charge in [-0.1, -0.05) is 5.21 Å². The molecular weight excluding hydrogens is 372 g/mol. The second-order valence-electron chi connectivity index (χ2n) is 6.00. The number of Topliss-reactive ketones (excluding diaryl/α,β-unsaturated/α-hetero) is 1. The summed E-state index contributed by atoms with van der Waals surface area (Å²) in [5, 5.41) is 8.51. The van der Waals surface area contributed by atoms with Crippen molar-refractivity contribution in [1.82, 2.24) is 20.0 Å². The van der Waals surface area contributed by atoms with Gasteiger partial charge in [-0.15, -0.1) is 5.10 Å². The fourth-order valence-corrected chi connectivity index (χ4v) is 3.02. The maximum absolute atomic E-state index is 11.3. The molecule has 0 unspecified atom stereocenters. The first kappa shape index (κ1) is 15.3. The van der Waals surface area contributed by atoms with Crippen LogP contribution in [0.2, 0.25) is 0 Å². The minimum Gasteiger partial charge on any atom is -0.454 e. The summed E-state index contributed by atoms with van der Waals surface area (Å²) in [6, 6.07) is 7.23. The van der Waals surface area contributed by atoms with Crippen LogP contribution in [0.5, 0.6) is 11.5 Å². The lowest BCUT2D eigenvalue weighted by Crippen LogP contribution is -2.01. The van der Waals surface area contributed by atoms with Crippen molar-refractivity contribution in [3.05, 3.63) is 40.6 Å². The standard InChI is InChI=1S/C17H15BrN4O2/c1-10(23)13-5-4-12(8-19-13)24-15-7-6-14-17(16(15)18)20-21-22(14)9-11-2-3-11/h4-8,11H,2-3,9H2,1H3. The van der Waals surface area contributed by atoms with Gasteiger partial charge in [-0.05, 0) is 59.0 Å². The number of rotatable bonds is 5. The monoisotopic (exact) mass is 386 g/mol. The topological polar surface area (TPSA) is 69.9 Å². The number of pyridine rings is 1. The quantitative estimate of drug-likeness (QED) is 0.619. The third-order valence-corrected chi connectivity index (χ3v) is 4.81. The molecule has 0 aliphatic heterocycles. The number of carbonyl (C=O) groups is 1. The highest BCUT2D eigenvalue weighted by molar-refractivity contribution is 9.10. The van der Waals surface area contributed by atoms with Crippen LogP contribution < -0.4 is 4.74 Å². The molecule has 2 aromatic heterocycles. The number of hydrogen-bond donors (Lipinski definition) is 0. The normalized spacial score (nSPS) is 14.1. The number of ether oxygens (including phenoxy) is 1. The van der Waals surface area contributed by atoms with Crippen LogP contribution in [0.1, 0.15) is 30.3 Å². The van der Waals surface area contributed by atoms with Crippen LogP contribution in [0.3, 0.4) is 0 Å². The Kier molecular flexibility index (Phi) is 3.80. The number of hydrogen-bond acceptors (Lipinski definition) is 5. The average Bonchev–Trinajstić information content (AvgIpc) is 3.30. The molecule has 2 heterocycles. The van der Waals surface area contributed by atoms with E-state index >= 15 is 0 Å². The van der Waals surface area contributed by atoms with Gasteiger partial charge in [0, 0.05) is 13.5 Å². The molecule has 24 heavy (non-hydrogen) atoms. The van der Waals surface area contributed by atoms with Gasteiger partial charge in [0.25, 0.3) is 0 Å². The molecular formula is C17H15BrN4O2. The van der Waals surface area contributed by atoms with Gasteiger partial charge in [-0.25, -0.2) is 9.67 Å². The predicted molar refractivity (Wildman–Crippen MR) is 92.3 cm³/mol. The van der Waals surface area contributed by atoms with Gasteiger partial charge in [0.05, 0.1) is 16.2 Å². The van der Waals surface area contributed by atoms with Crippen LogP contribution in [0, 0.1) is 5.92 Å². The number of nitrogens with zero attached hydrogens (tertiary/aromatic N) is 4. The molecule has 0 radical (unpaired) electrons. The van der Waals surface area contributed by atoms with Crippen LogP contribution in [0.25, 0.3) is 11.0 Å². The molecule has 0 saturated heterocycles. The lowest BCUT2D eigenvalue weighted by Gasteiger charge is -2.08. The highest BCUT2D eigenvalue weighted by Crippen LogP contribution is 2.36. The van der Waals surface area contributed by atoms with Crippen molar-refractivity contribution in [2.24, 2.45) is 5.92 Å². The highest BCUT2D eigenvalue weighted by atomic mass is 79.9.